The van der Waals surface area contributed by atoms with E-state index in [1.165, 1.54) is 12.8 Å². The Bertz CT molecular complexity index is 309. The zero-order valence-electron chi connectivity index (χ0n) is 10.00. The summed E-state index contributed by atoms with van der Waals surface area (Å²) in [5.41, 5.74) is -0.706. The van der Waals surface area contributed by atoms with Crippen LogP contribution in [0.25, 0.3) is 0 Å². The molecule has 1 aliphatic carbocycles. The van der Waals surface area contributed by atoms with Crippen LogP contribution in [-0.2, 0) is 9.59 Å². The summed E-state index contributed by atoms with van der Waals surface area (Å²) in [6.45, 7) is 0.401. The lowest BCUT2D eigenvalue weighted by molar-refractivity contribution is -0.125. The highest BCUT2D eigenvalue weighted by molar-refractivity contribution is 6.05. The number of rotatable bonds is 3. The molecule has 2 rings (SSSR count). The largest absolute Gasteiger partial charge is 0.389 e. The van der Waals surface area contributed by atoms with E-state index >= 15 is 0 Å². The van der Waals surface area contributed by atoms with Gasteiger partial charge < -0.3 is 10.4 Å². The van der Waals surface area contributed by atoms with Crippen molar-refractivity contribution in [3.8, 4) is 0 Å². The Labute approximate surface area is 101 Å². The van der Waals surface area contributed by atoms with Crippen LogP contribution in [0, 0.1) is 0 Å². The second-order valence-electron chi connectivity index (χ2n) is 5.19. The molecule has 1 aliphatic heterocycles. The van der Waals surface area contributed by atoms with Gasteiger partial charge >= 0.3 is 0 Å². The number of aliphatic hydroxyl groups is 1. The molecule has 1 atom stereocenters. The predicted molar refractivity (Wildman–Crippen MR) is 62.2 cm³/mol. The molecule has 0 spiro atoms. The molecule has 1 saturated carbocycles. The van der Waals surface area contributed by atoms with E-state index in [0.717, 1.165) is 25.7 Å². The maximum Gasteiger partial charge on any atom is 0.244 e. The molecule has 2 amide bonds. The van der Waals surface area contributed by atoms with E-state index in [2.05, 4.69) is 10.6 Å². The SMILES string of the molecule is O=C1CC(NCC2(O)CCCCCC2)C(=O)N1. The first-order valence-electron chi connectivity index (χ1n) is 6.39. The van der Waals surface area contributed by atoms with Crippen molar-refractivity contribution in [3.05, 3.63) is 0 Å². The number of imide groups is 1. The van der Waals surface area contributed by atoms with Crippen LogP contribution in [-0.4, -0.2) is 35.1 Å². The lowest BCUT2D eigenvalue weighted by Gasteiger charge is -2.28. The fourth-order valence-corrected chi connectivity index (χ4v) is 2.60. The zero-order chi connectivity index (χ0) is 12.3. The van der Waals surface area contributed by atoms with Crippen LogP contribution < -0.4 is 10.6 Å². The van der Waals surface area contributed by atoms with E-state index in [1.807, 2.05) is 0 Å². The summed E-state index contributed by atoms with van der Waals surface area (Å²) in [6, 6.07) is -0.463. The topological polar surface area (TPSA) is 78.4 Å². The molecule has 17 heavy (non-hydrogen) atoms. The molecule has 0 bridgehead atoms. The molecule has 2 aliphatic rings. The first kappa shape index (κ1) is 12.5. The third kappa shape index (κ3) is 3.26. The van der Waals surface area contributed by atoms with Gasteiger partial charge in [-0.3, -0.25) is 14.9 Å². The predicted octanol–water partition coefficient (Wildman–Crippen LogP) is 0.0764. The van der Waals surface area contributed by atoms with Crippen molar-refractivity contribution in [2.45, 2.75) is 56.6 Å². The summed E-state index contributed by atoms with van der Waals surface area (Å²) < 4.78 is 0. The minimum Gasteiger partial charge on any atom is -0.389 e. The summed E-state index contributed by atoms with van der Waals surface area (Å²) in [4.78, 5) is 22.4. The van der Waals surface area contributed by atoms with Gasteiger partial charge in [0.05, 0.1) is 18.1 Å². The molecule has 2 fully saturated rings. The van der Waals surface area contributed by atoms with Crippen LogP contribution in [0.1, 0.15) is 44.9 Å². The van der Waals surface area contributed by atoms with Crippen LogP contribution in [0.15, 0.2) is 0 Å². The van der Waals surface area contributed by atoms with Gasteiger partial charge in [-0.15, -0.1) is 0 Å². The highest BCUT2D eigenvalue weighted by atomic mass is 16.3. The van der Waals surface area contributed by atoms with Crippen molar-refractivity contribution in [1.82, 2.24) is 10.6 Å². The number of hydrogen-bond donors (Lipinski definition) is 3. The second kappa shape index (κ2) is 5.14. The van der Waals surface area contributed by atoms with E-state index in [1.54, 1.807) is 0 Å². The minimum absolute atomic E-state index is 0.189. The number of amides is 2. The van der Waals surface area contributed by atoms with Gasteiger partial charge in [-0.2, -0.15) is 0 Å². The Morgan fingerprint density at radius 1 is 1.24 bits per heavy atom. The monoisotopic (exact) mass is 240 g/mol. The Morgan fingerprint density at radius 3 is 2.41 bits per heavy atom. The Hall–Kier alpha value is -0.940. The fourth-order valence-electron chi connectivity index (χ4n) is 2.60. The first-order chi connectivity index (χ1) is 8.09. The summed E-state index contributed by atoms with van der Waals surface area (Å²) in [7, 11) is 0. The summed E-state index contributed by atoms with van der Waals surface area (Å²) in [5.74, 6) is -0.507. The lowest BCUT2D eigenvalue weighted by Crippen LogP contribution is -2.46. The molecular formula is C12H20N2O3. The van der Waals surface area contributed by atoms with E-state index < -0.39 is 11.6 Å². The average molecular weight is 240 g/mol. The molecule has 0 aromatic rings. The Balaban J connectivity index is 1.84. The lowest BCUT2D eigenvalue weighted by atomic mass is 9.94. The zero-order valence-corrected chi connectivity index (χ0v) is 10.00. The van der Waals surface area contributed by atoms with Gasteiger partial charge in [-0.25, -0.2) is 0 Å². The first-order valence-corrected chi connectivity index (χ1v) is 6.39. The van der Waals surface area contributed by atoms with E-state index in [4.69, 9.17) is 0 Å². The number of hydrogen-bond acceptors (Lipinski definition) is 4. The van der Waals surface area contributed by atoms with Crippen LogP contribution in [0.5, 0.6) is 0 Å². The van der Waals surface area contributed by atoms with Gasteiger partial charge in [0.15, 0.2) is 0 Å². The van der Waals surface area contributed by atoms with Gasteiger partial charge in [0.25, 0.3) is 0 Å². The smallest absolute Gasteiger partial charge is 0.244 e. The standard InChI is InChI=1S/C12H20N2O3/c15-10-7-9(11(16)14-10)13-8-12(17)5-3-1-2-4-6-12/h9,13,17H,1-8H2,(H,14,15,16). The van der Waals surface area contributed by atoms with Crippen LogP contribution in [0.3, 0.4) is 0 Å². The van der Waals surface area contributed by atoms with Crippen molar-refractivity contribution in [1.29, 1.82) is 0 Å². The molecule has 0 aromatic carbocycles. The van der Waals surface area contributed by atoms with Gasteiger partial charge in [-0.1, -0.05) is 25.7 Å². The van der Waals surface area contributed by atoms with Crippen LogP contribution in [0.2, 0.25) is 0 Å². The van der Waals surface area contributed by atoms with Crippen LogP contribution >= 0.6 is 0 Å². The van der Waals surface area contributed by atoms with Gasteiger partial charge in [-0.05, 0) is 12.8 Å². The molecular weight excluding hydrogens is 220 g/mol. The summed E-state index contributed by atoms with van der Waals surface area (Å²) >= 11 is 0. The maximum absolute atomic E-state index is 11.4. The normalized spacial score (nSPS) is 28.9. The molecule has 1 heterocycles. The Morgan fingerprint density at radius 2 is 1.88 bits per heavy atom. The summed E-state index contributed by atoms with van der Waals surface area (Å²) in [5, 5.41) is 15.7. The van der Waals surface area contributed by atoms with Crippen molar-refractivity contribution >= 4 is 11.8 Å². The van der Waals surface area contributed by atoms with Crippen molar-refractivity contribution in [3.63, 3.8) is 0 Å². The average Bonchev–Trinajstić information content (AvgIpc) is 2.49. The van der Waals surface area contributed by atoms with E-state index in [-0.39, 0.29) is 18.2 Å². The molecule has 0 radical (unpaired) electrons. The van der Waals surface area contributed by atoms with Gasteiger partial charge in [0.1, 0.15) is 0 Å². The molecule has 1 unspecified atom stereocenters. The summed E-state index contributed by atoms with van der Waals surface area (Å²) in [6.07, 6.45) is 6.16. The maximum atomic E-state index is 11.4. The molecule has 96 valence electrons. The van der Waals surface area contributed by atoms with E-state index in [9.17, 15) is 14.7 Å². The number of carbonyl (C=O) groups is 2. The molecule has 5 heteroatoms. The fraction of sp³-hybridized carbons (Fsp3) is 0.833. The molecule has 1 saturated heterocycles. The third-order valence-electron chi connectivity index (χ3n) is 3.68. The number of nitrogens with one attached hydrogen (secondary N) is 2. The molecule has 3 N–H and O–H groups in total. The van der Waals surface area contributed by atoms with Gasteiger partial charge in [0.2, 0.25) is 11.8 Å². The molecule has 5 nitrogen and oxygen atoms in total. The van der Waals surface area contributed by atoms with E-state index in [0.29, 0.717) is 6.54 Å². The van der Waals surface area contributed by atoms with Crippen LogP contribution in [0.4, 0.5) is 0 Å². The third-order valence-corrected chi connectivity index (χ3v) is 3.68. The number of carbonyl (C=O) groups excluding carboxylic acids is 2. The second-order valence-corrected chi connectivity index (χ2v) is 5.19. The quantitative estimate of drug-likeness (QED) is 0.482. The van der Waals surface area contributed by atoms with Crippen molar-refractivity contribution in [2.75, 3.05) is 6.54 Å². The molecule has 0 aromatic heterocycles. The van der Waals surface area contributed by atoms with Crippen molar-refractivity contribution in [2.24, 2.45) is 0 Å². The minimum atomic E-state index is -0.706. The highest BCUT2D eigenvalue weighted by Gasteiger charge is 2.34. The van der Waals surface area contributed by atoms with Gasteiger partial charge in [0, 0.05) is 6.54 Å². The highest BCUT2D eigenvalue weighted by Crippen LogP contribution is 2.26. The van der Waals surface area contributed by atoms with Crippen molar-refractivity contribution < 1.29 is 14.7 Å². The Kier molecular flexibility index (Phi) is 3.79.